The van der Waals surface area contributed by atoms with Crippen LogP contribution in [0.1, 0.15) is 13.8 Å². The van der Waals surface area contributed by atoms with Gasteiger partial charge in [-0.3, -0.25) is 10.2 Å². The summed E-state index contributed by atoms with van der Waals surface area (Å²) in [5.74, 6) is 0.633. The van der Waals surface area contributed by atoms with E-state index in [9.17, 15) is 5.21 Å². The van der Waals surface area contributed by atoms with Gasteiger partial charge in [-0.15, -0.1) is 11.8 Å². The Morgan fingerprint density at radius 3 is 2.79 bits per heavy atom. The van der Waals surface area contributed by atoms with E-state index >= 15 is 0 Å². The van der Waals surface area contributed by atoms with E-state index in [0.29, 0.717) is 18.9 Å². The Balaban J connectivity index is 3.90. The minimum Gasteiger partial charge on any atom is -0.287 e. The third-order valence-electron chi connectivity index (χ3n) is 1.55. The molecule has 0 spiro atoms. The summed E-state index contributed by atoms with van der Waals surface area (Å²) in [6.45, 7) is 4.80. The lowest BCUT2D eigenvalue weighted by molar-refractivity contribution is -0.00372. The second kappa shape index (κ2) is 8.84. The summed E-state index contributed by atoms with van der Waals surface area (Å²) in [5, 5.41) is 12.5. The first-order valence-electron chi connectivity index (χ1n) is 4.48. The fourth-order valence-corrected chi connectivity index (χ4v) is 1.02. The van der Waals surface area contributed by atoms with Crippen LogP contribution in [0.25, 0.3) is 0 Å². The molecule has 0 aliphatic heterocycles. The summed E-state index contributed by atoms with van der Waals surface area (Å²) in [7, 11) is 0. The van der Waals surface area contributed by atoms with Crippen LogP contribution in [0.4, 0.5) is 0 Å². The van der Waals surface area contributed by atoms with E-state index in [4.69, 9.17) is 0 Å². The van der Waals surface area contributed by atoms with Crippen LogP contribution in [0.15, 0.2) is 28.6 Å². The molecule has 0 heterocycles. The van der Waals surface area contributed by atoms with Crippen molar-refractivity contribution in [2.75, 3.05) is 19.3 Å². The van der Waals surface area contributed by atoms with Crippen LogP contribution in [-0.2, 0) is 0 Å². The van der Waals surface area contributed by atoms with Crippen LogP contribution in [-0.4, -0.2) is 35.5 Å². The number of hydrogen-bond acceptors (Lipinski definition) is 3. The van der Waals surface area contributed by atoms with Gasteiger partial charge in [0, 0.05) is 0 Å². The molecule has 0 amide bonds. The third-order valence-corrected chi connectivity index (χ3v) is 2.01. The van der Waals surface area contributed by atoms with Crippen molar-refractivity contribution < 1.29 is 5.21 Å². The van der Waals surface area contributed by atoms with E-state index in [-0.39, 0.29) is 0 Å². The van der Waals surface area contributed by atoms with E-state index < -0.39 is 0 Å². The van der Waals surface area contributed by atoms with Crippen LogP contribution in [0, 0.1) is 0 Å². The second-order valence-electron chi connectivity index (χ2n) is 2.65. The monoisotopic (exact) mass is 214 g/mol. The van der Waals surface area contributed by atoms with Gasteiger partial charge in [0.1, 0.15) is 5.84 Å². The van der Waals surface area contributed by atoms with Crippen LogP contribution in [0.2, 0.25) is 0 Å². The molecule has 0 unspecified atom stereocenters. The van der Waals surface area contributed by atoms with Gasteiger partial charge in [0.15, 0.2) is 0 Å². The lowest BCUT2D eigenvalue weighted by Gasteiger charge is -2.13. The Morgan fingerprint density at radius 2 is 2.21 bits per heavy atom. The third kappa shape index (κ3) is 6.74. The van der Waals surface area contributed by atoms with Gasteiger partial charge in [0.05, 0.1) is 13.1 Å². The number of thioether (sulfide) groups is 1. The standard InChI is InChI=1S/C10H18N2OS/c1-4-5-8-12(13)10(2)11-7-6-9-14-3/h4-6,9,13H,7-8H2,1-3H3/b5-4-,9-6+,11-10?. The van der Waals surface area contributed by atoms with Crippen LogP contribution in [0.3, 0.4) is 0 Å². The molecule has 14 heavy (non-hydrogen) atoms. The van der Waals surface area contributed by atoms with Crippen molar-refractivity contribution in [2.45, 2.75) is 13.8 Å². The van der Waals surface area contributed by atoms with Crippen LogP contribution < -0.4 is 0 Å². The molecule has 0 saturated carbocycles. The molecular formula is C10H18N2OS. The maximum atomic E-state index is 9.43. The van der Waals surface area contributed by atoms with E-state index in [2.05, 4.69) is 4.99 Å². The van der Waals surface area contributed by atoms with Crippen molar-refractivity contribution in [1.82, 2.24) is 5.06 Å². The predicted octanol–water partition coefficient (Wildman–Crippen LogP) is 2.55. The van der Waals surface area contributed by atoms with Crippen molar-refractivity contribution in [1.29, 1.82) is 0 Å². The maximum absolute atomic E-state index is 9.43. The highest BCUT2D eigenvalue weighted by Crippen LogP contribution is 1.94. The predicted molar refractivity (Wildman–Crippen MR) is 63.9 cm³/mol. The largest absolute Gasteiger partial charge is 0.287 e. The summed E-state index contributed by atoms with van der Waals surface area (Å²) in [4.78, 5) is 4.17. The molecule has 0 bridgehead atoms. The van der Waals surface area contributed by atoms with Gasteiger partial charge < -0.3 is 0 Å². The van der Waals surface area contributed by atoms with Crippen LogP contribution in [0.5, 0.6) is 0 Å². The number of amidine groups is 1. The zero-order chi connectivity index (χ0) is 10.8. The SMILES string of the molecule is C/C=C\CN(O)C(C)=NC/C=C/SC. The molecule has 0 radical (unpaired) electrons. The maximum Gasteiger partial charge on any atom is 0.121 e. The molecule has 0 saturated heterocycles. The Morgan fingerprint density at radius 1 is 1.50 bits per heavy atom. The summed E-state index contributed by atoms with van der Waals surface area (Å²) in [6, 6.07) is 0. The number of allylic oxidation sites excluding steroid dienone is 1. The highest BCUT2D eigenvalue weighted by molar-refractivity contribution is 8.01. The minimum atomic E-state index is 0.484. The van der Waals surface area contributed by atoms with Gasteiger partial charge in [-0.05, 0) is 25.5 Å². The van der Waals surface area contributed by atoms with E-state index in [1.165, 1.54) is 0 Å². The fourth-order valence-electron chi connectivity index (χ4n) is 0.743. The Hall–Kier alpha value is -0.740. The van der Waals surface area contributed by atoms with Gasteiger partial charge >= 0.3 is 0 Å². The lowest BCUT2D eigenvalue weighted by atomic mass is 10.5. The molecule has 0 rings (SSSR count). The average molecular weight is 214 g/mol. The number of rotatable bonds is 5. The first kappa shape index (κ1) is 13.3. The zero-order valence-corrected chi connectivity index (χ0v) is 9.79. The Labute approximate surface area is 90.2 Å². The van der Waals surface area contributed by atoms with E-state index in [1.807, 2.05) is 36.8 Å². The molecule has 0 aromatic heterocycles. The van der Waals surface area contributed by atoms with Gasteiger partial charge in [-0.1, -0.05) is 18.2 Å². The normalized spacial score (nSPS) is 13.0. The molecule has 1 N–H and O–H groups in total. The summed E-state index contributed by atoms with van der Waals surface area (Å²) in [5.41, 5.74) is 0. The molecule has 0 aliphatic rings. The topological polar surface area (TPSA) is 35.8 Å². The van der Waals surface area contributed by atoms with Crippen molar-refractivity contribution in [3.8, 4) is 0 Å². The molecule has 4 heteroatoms. The number of hydrogen-bond donors (Lipinski definition) is 1. The molecular weight excluding hydrogens is 196 g/mol. The van der Waals surface area contributed by atoms with Gasteiger partial charge in [0.2, 0.25) is 0 Å². The smallest absolute Gasteiger partial charge is 0.121 e. The Bertz CT molecular complexity index is 224. The van der Waals surface area contributed by atoms with Crippen LogP contribution >= 0.6 is 11.8 Å². The number of aliphatic imine (C=N–C) groups is 1. The minimum absolute atomic E-state index is 0.484. The van der Waals surface area contributed by atoms with Gasteiger partial charge in [-0.2, -0.15) is 0 Å². The van der Waals surface area contributed by atoms with Crippen molar-refractivity contribution in [3.63, 3.8) is 0 Å². The quantitative estimate of drug-likeness (QED) is 0.331. The highest BCUT2D eigenvalue weighted by atomic mass is 32.2. The first-order valence-corrected chi connectivity index (χ1v) is 5.77. The summed E-state index contributed by atoms with van der Waals surface area (Å²) < 4.78 is 0. The highest BCUT2D eigenvalue weighted by Gasteiger charge is 1.97. The number of hydroxylamine groups is 2. The van der Waals surface area contributed by atoms with Crippen molar-refractivity contribution >= 4 is 17.6 Å². The zero-order valence-electron chi connectivity index (χ0n) is 8.97. The van der Waals surface area contributed by atoms with E-state index in [1.54, 1.807) is 18.7 Å². The molecule has 3 nitrogen and oxygen atoms in total. The Kier molecular flexibility index (Phi) is 8.37. The first-order chi connectivity index (χ1) is 6.72. The molecule has 0 atom stereocenters. The van der Waals surface area contributed by atoms with Crippen molar-refractivity contribution in [3.05, 3.63) is 23.6 Å². The van der Waals surface area contributed by atoms with Gasteiger partial charge in [0.25, 0.3) is 0 Å². The van der Waals surface area contributed by atoms with Gasteiger partial charge in [-0.25, -0.2) is 5.06 Å². The fraction of sp³-hybridized carbons (Fsp3) is 0.500. The molecule has 80 valence electrons. The lowest BCUT2D eigenvalue weighted by Crippen LogP contribution is -2.25. The van der Waals surface area contributed by atoms with Crippen molar-refractivity contribution in [2.24, 2.45) is 4.99 Å². The summed E-state index contributed by atoms with van der Waals surface area (Å²) >= 11 is 1.64. The molecule has 0 aromatic carbocycles. The average Bonchev–Trinajstić information content (AvgIpc) is 2.20. The molecule has 0 fully saturated rings. The molecule has 0 aromatic rings. The summed E-state index contributed by atoms with van der Waals surface area (Å²) in [6.07, 6.45) is 7.72. The molecule has 0 aliphatic carbocycles. The second-order valence-corrected chi connectivity index (χ2v) is 3.39. The number of nitrogens with zero attached hydrogens (tertiary/aromatic N) is 2. The van der Waals surface area contributed by atoms with E-state index in [0.717, 1.165) is 5.06 Å².